The van der Waals surface area contributed by atoms with Crippen LogP contribution < -0.4 is 14.8 Å². The lowest BCUT2D eigenvalue weighted by Crippen LogP contribution is -2.07. The lowest BCUT2D eigenvalue weighted by atomic mass is 10.1. The van der Waals surface area contributed by atoms with E-state index in [2.05, 4.69) is 34.3 Å². The summed E-state index contributed by atoms with van der Waals surface area (Å²) in [6, 6.07) is 16.2. The number of hydrogen-bond acceptors (Lipinski definition) is 8. The second-order valence-electron chi connectivity index (χ2n) is 6.34. The highest BCUT2D eigenvalue weighted by Crippen LogP contribution is 2.32. The molecule has 1 aliphatic rings. The number of rotatable bonds is 4. The van der Waals surface area contributed by atoms with Gasteiger partial charge in [-0.25, -0.2) is 9.97 Å². The molecule has 0 saturated carbocycles. The number of aromatic nitrogens is 2. The molecule has 0 saturated heterocycles. The van der Waals surface area contributed by atoms with Crippen molar-refractivity contribution in [1.29, 1.82) is 0 Å². The zero-order chi connectivity index (χ0) is 22.6. The monoisotopic (exact) mass is 463 g/mol. The van der Waals surface area contributed by atoms with Crippen molar-refractivity contribution in [3.8, 4) is 11.5 Å². The minimum Gasteiger partial charge on any atom is -0.454 e. The summed E-state index contributed by atoms with van der Waals surface area (Å²) in [6.07, 6.45) is 2.35. The molecule has 0 radical (unpaired) electrons. The van der Waals surface area contributed by atoms with Gasteiger partial charge < -0.3 is 14.8 Å². The minimum atomic E-state index is -3.11. The van der Waals surface area contributed by atoms with E-state index in [1.54, 1.807) is 0 Å². The van der Waals surface area contributed by atoms with Crippen molar-refractivity contribution in [2.75, 3.05) is 18.7 Å². The Bertz CT molecular complexity index is 1090. The Morgan fingerprint density at radius 3 is 2.32 bits per heavy atom. The molecule has 0 amide bonds. The largest absolute Gasteiger partial charge is 0.454 e. The summed E-state index contributed by atoms with van der Waals surface area (Å²) in [5.74, 6) is 2.27. The van der Waals surface area contributed by atoms with Gasteiger partial charge in [0.05, 0.1) is 5.69 Å². The smallest absolute Gasteiger partial charge is 0.425 e. The molecule has 31 heavy (non-hydrogen) atoms. The fraction of sp³-hybridized carbons (Fsp3) is 0.238. The van der Waals surface area contributed by atoms with E-state index in [-0.39, 0.29) is 0 Å². The van der Waals surface area contributed by atoms with Gasteiger partial charge in [0.1, 0.15) is 17.2 Å². The predicted molar refractivity (Wildman–Crippen MR) is 117 cm³/mol. The zero-order valence-electron chi connectivity index (χ0n) is 17.0. The number of fused-ring (bicyclic) bond motifs is 1. The molecular weight excluding hydrogens is 442 g/mol. The van der Waals surface area contributed by atoms with E-state index in [9.17, 15) is 0 Å². The Hall–Kier alpha value is -3.17. The van der Waals surface area contributed by atoms with E-state index in [0.717, 1.165) is 30.2 Å². The summed E-state index contributed by atoms with van der Waals surface area (Å²) in [7, 11) is -3.11. The molecule has 1 aliphatic heterocycles. The van der Waals surface area contributed by atoms with Crippen LogP contribution in [0.4, 0.5) is 5.82 Å². The number of halogens is 1. The highest BCUT2D eigenvalue weighted by Gasteiger charge is 2.13. The van der Waals surface area contributed by atoms with Gasteiger partial charge in [-0.05, 0) is 38.0 Å². The Morgan fingerprint density at radius 1 is 1.00 bits per heavy atom. The number of nitrogens with zero attached hydrogens (tertiary/aromatic N) is 2. The van der Waals surface area contributed by atoms with Crippen LogP contribution in [0, 0.1) is 13.8 Å². The molecule has 1 aromatic heterocycles. The van der Waals surface area contributed by atoms with E-state index in [1.165, 1.54) is 17.5 Å². The summed E-state index contributed by atoms with van der Waals surface area (Å²) in [6.45, 7) is 4.97. The SMILES string of the molecule is Cc1ccccc1.Cc1ncnc(NCCc2ccc3c(c2)OCO3)c1Cl.O=S(=O)=O. The van der Waals surface area contributed by atoms with Gasteiger partial charge in [-0.1, -0.05) is 53.6 Å². The van der Waals surface area contributed by atoms with Gasteiger partial charge >= 0.3 is 10.6 Å². The highest BCUT2D eigenvalue weighted by molar-refractivity contribution is 7.59. The molecule has 0 aliphatic carbocycles. The summed E-state index contributed by atoms with van der Waals surface area (Å²) in [4.78, 5) is 8.16. The van der Waals surface area contributed by atoms with Crippen molar-refractivity contribution in [2.45, 2.75) is 20.3 Å². The molecular formula is C21H22ClN3O5S. The molecule has 2 aromatic carbocycles. The van der Waals surface area contributed by atoms with E-state index in [1.807, 2.05) is 43.3 Å². The predicted octanol–water partition coefficient (Wildman–Crippen LogP) is 3.81. The van der Waals surface area contributed by atoms with Crippen molar-refractivity contribution < 1.29 is 22.1 Å². The molecule has 3 aromatic rings. The van der Waals surface area contributed by atoms with Crippen molar-refractivity contribution in [3.63, 3.8) is 0 Å². The van der Waals surface area contributed by atoms with Gasteiger partial charge in [0.2, 0.25) is 6.79 Å². The van der Waals surface area contributed by atoms with Crippen LogP contribution in [0.5, 0.6) is 11.5 Å². The van der Waals surface area contributed by atoms with Crippen LogP contribution in [0.1, 0.15) is 16.8 Å². The number of ether oxygens (including phenoxy) is 2. The van der Waals surface area contributed by atoms with Crippen LogP contribution in [-0.2, 0) is 17.0 Å². The van der Waals surface area contributed by atoms with Crippen molar-refractivity contribution in [2.24, 2.45) is 0 Å². The summed E-state index contributed by atoms with van der Waals surface area (Å²) in [5, 5.41) is 3.78. The second kappa shape index (κ2) is 12.5. The van der Waals surface area contributed by atoms with Crippen LogP contribution in [0.25, 0.3) is 0 Å². The Kier molecular flexibility index (Phi) is 9.73. The van der Waals surface area contributed by atoms with E-state index < -0.39 is 10.6 Å². The maximum atomic E-state index is 8.44. The molecule has 1 N–H and O–H groups in total. The van der Waals surface area contributed by atoms with Gasteiger partial charge in [-0.2, -0.15) is 0 Å². The molecule has 8 nitrogen and oxygen atoms in total. The van der Waals surface area contributed by atoms with E-state index in [0.29, 0.717) is 17.6 Å². The second-order valence-corrected chi connectivity index (χ2v) is 7.13. The van der Waals surface area contributed by atoms with Gasteiger partial charge in [0.25, 0.3) is 0 Å². The van der Waals surface area contributed by atoms with Crippen LogP contribution in [0.3, 0.4) is 0 Å². The van der Waals surface area contributed by atoms with E-state index >= 15 is 0 Å². The standard InChI is InChI=1S/C14H14ClN3O2.C7H8.O3S/c1-9-13(15)14(18-7-17-9)16-5-4-10-2-3-11-12(6-10)20-8-19-11;1-7-5-3-2-4-6-7;1-4(2)3/h2-3,6-7H,4-5,8H2,1H3,(H,16,17,18);2-6H,1H3;. The van der Waals surface area contributed by atoms with Crippen LogP contribution in [-0.4, -0.2) is 35.9 Å². The fourth-order valence-corrected chi connectivity index (χ4v) is 2.70. The molecule has 164 valence electrons. The molecule has 10 heteroatoms. The molecule has 2 heterocycles. The normalized spacial score (nSPS) is 10.8. The molecule has 0 atom stereocenters. The minimum absolute atomic E-state index is 0.298. The molecule has 0 spiro atoms. The summed E-state index contributed by atoms with van der Waals surface area (Å²) >= 11 is 6.13. The number of anilines is 1. The quantitative estimate of drug-likeness (QED) is 0.622. The highest BCUT2D eigenvalue weighted by atomic mass is 35.5. The Balaban J connectivity index is 0.000000256. The number of aryl methyl sites for hydroxylation is 2. The molecule has 0 bridgehead atoms. The summed E-state index contributed by atoms with van der Waals surface area (Å²) < 4.78 is 36.0. The first kappa shape index (κ1) is 24.1. The van der Waals surface area contributed by atoms with Gasteiger partial charge in [-0.15, -0.1) is 12.6 Å². The van der Waals surface area contributed by atoms with E-state index in [4.69, 9.17) is 33.7 Å². The fourth-order valence-electron chi connectivity index (χ4n) is 2.54. The first-order chi connectivity index (χ1) is 14.9. The maximum absolute atomic E-state index is 8.44. The van der Waals surface area contributed by atoms with Crippen molar-refractivity contribution >= 4 is 28.0 Å². The van der Waals surface area contributed by atoms with Crippen molar-refractivity contribution in [1.82, 2.24) is 9.97 Å². The third kappa shape index (κ3) is 8.61. The average molecular weight is 464 g/mol. The average Bonchev–Trinajstić information content (AvgIpc) is 3.20. The topological polar surface area (TPSA) is 107 Å². The van der Waals surface area contributed by atoms with Crippen molar-refractivity contribution in [3.05, 3.63) is 76.7 Å². The zero-order valence-corrected chi connectivity index (χ0v) is 18.6. The molecule has 0 unspecified atom stereocenters. The van der Waals surface area contributed by atoms with Gasteiger partial charge in [0.15, 0.2) is 11.5 Å². The first-order valence-corrected chi connectivity index (χ1v) is 10.6. The lowest BCUT2D eigenvalue weighted by Gasteiger charge is -2.08. The first-order valence-electron chi connectivity index (χ1n) is 9.24. The lowest BCUT2D eigenvalue weighted by molar-refractivity contribution is 0.174. The number of nitrogens with one attached hydrogen (secondary N) is 1. The van der Waals surface area contributed by atoms with Crippen LogP contribution in [0.15, 0.2) is 54.9 Å². The third-order valence-electron chi connectivity index (χ3n) is 4.05. The van der Waals surface area contributed by atoms with Gasteiger partial charge in [0, 0.05) is 6.54 Å². The third-order valence-corrected chi connectivity index (χ3v) is 4.50. The number of benzene rings is 2. The maximum Gasteiger partial charge on any atom is 0.425 e. The Morgan fingerprint density at radius 2 is 1.68 bits per heavy atom. The Labute approximate surface area is 187 Å². The van der Waals surface area contributed by atoms with Crippen LogP contribution >= 0.6 is 11.6 Å². The summed E-state index contributed by atoms with van der Waals surface area (Å²) in [5.41, 5.74) is 3.26. The molecule has 0 fully saturated rings. The number of hydrogen-bond donors (Lipinski definition) is 1. The van der Waals surface area contributed by atoms with Crippen LogP contribution in [0.2, 0.25) is 5.02 Å². The van der Waals surface area contributed by atoms with Gasteiger partial charge in [-0.3, -0.25) is 0 Å². The molecule has 4 rings (SSSR count).